The highest BCUT2D eigenvalue weighted by molar-refractivity contribution is 7.86. The van der Waals surface area contributed by atoms with Gasteiger partial charge in [-0.15, -0.1) is 0 Å². The number of hydrogen-bond acceptors (Lipinski definition) is 10. The number of H-pyrrole nitrogens is 1. The van der Waals surface area contributed by atoms with Crippen molar-refractivity contribution in [1.29, 1.82) is 5.26 Å². The van der Waals surface area contributed by atoms with E-state index in [-0.39, 0.29) is 49.7 Å². The molecule has 0 aromatic carbocycles. The van der Waals surface area contributed by atoms with Crippen LogP contribution in [0.3, 0.4) is 0 Å². The Morgan fingerprint density at radius 2 is 1.95 bits per heavy atom. The van der Waals surface area contributed by atoms with Gasteiger partial charge in [0.15, 0.2) is 5.82 Å². The number of fused-ring (bicyclic) bond motifs is 2. The molecule has 4 aliphatic rings. The summed E-state index contributed by atoms with van der Waals surface area (Å²) in [7, 11) is -1.60. The van der Waals surface area contributed by atoms with E-state index in [9.17, 15) is 13.5 Å². The molecule has 0 unspecified atom stereocenters. The number of ether oxygens (including phenoxy) is 1. The van der Waals surface area contributed by atoms with Gasteiger partial charge < -0.3 is 20.1 Å². The number of piperidine rings is 2. The first-order valence-corrected chi connectivity index (χ1v) is 14.6. The minimum atomic E-state index is -3.58. The third kappa shape index (κ3) is 4.62. The van der Waals surface area contributed by atoms with E-state index >= 15 is 0 Å². The SMILES string of the molecule is CN(c1nc(Nc2cc(CO)[nH]n2)cc(C2COC2)n1)[C@@H]1C[C@H]2CCC[C@@H](C1)N2S(=O)(=O)N1CC(C#N)C1. The first-order chi connectivity index (χ1) is 18.4. The largest absolute Gasteiger partial charge is 0.390 e. The second kappa shape index (κ2) is 10.0. The lowest BCUT2D eigenvalue weighted by Gasteiger charge is -2.51. The minimum Gasteiger partial charge on any atom is -0.390 e. The fraction of sp³-hybridized carbons (Fsp3) is 0.667. The van der Waals surface area contributed by atoms with Crippen molar-refractivity contribution in [1.82, 2.24) is 28.8 Å². The summed E-state index contributed by atoms with van der Waals surface area (Å²) in [5, 5.41) is 28.6. The summed E-state index contributed by atoms with van der Waals surface area (Å²) in [6.07, 6.45) is 4.07. The van der Waals surface area contributed by atoms with Crippen molar-refractivity contribution in [3.63, 3.8) is 0 Å². The summed E-state index contributed by atoms with van der Waals surface area (Å²) >= 11 is 0. The van der Waals surface area contributed by atoms with Gasteiger partial charge in [-0.1, -0.05) is 6.42 Å². The molecule has 4 saturated heterocycles. The van der Waals surface area contributed by atoms with Gasteiger partial charge in [0.25, 0.3) is 10.2 Å². The molecular formula is C24H33N9O4S. The maximum absolute atomic E-state index is 13.5. The lowest BCUT2D eigenvalue weighted by Crippen LogP contribution is -2.64. The fourth-order valence-corrected chi connectivity index (χ4v) is 8.08. The molecule has 3 atom stereocenters. The number of nitrogens with one attached hydrogen (secondary N) is 2. The molecule has 0 aliphatic carbocycles. The lowest BCUT2D eigenvalue weighted by molar-refractivity contribution is 0.00672. The van der Waals surface area contributed by atoms with E-state index < -0.39 is 10.2 Å². The molecule has 6 heterocycles. The molecule has 0 radical (unpaired) electrons. The molecule has 0 spiro atoms. The highest BCUT2D eigenvalue weighted by Gasteiger charge is 2.50. The van der Waals surface area contributed by atoms with Gasteiger partial charge in [-0.05, 0) is 25.7 Å². The van der Waals surface area contributed by atoms with Crippen LogP contribution in [0.4, 0.5) is 17.6 Å². The summed E-state index contributed by atoms with van der Waals surface area (Å²) in [4.78, 5) is 11.8. The highest BCUT2D eigenvalue weighted by Crippen LogP contribution is 2.40. The number of nitrogens with zero attached hydrogens (tertiary/aromatic N) is 7. The molecule has 2 bridgehead atoms. The molecule has 6 rings (SSSR count). The average molecular weight is 544 g/mol. The lowest BCUT2D eigenvalue weighted by atomic mass is 9.83. The van der Waals surface area contributed by atoms with Crippen molar-refractivity contribution in [2.45, 2.75) is 62.8 Å². The van der Waals surface area contributed by atoms with E-state index in [1.165, 1.54) is 4.31 Å². The predicted molar refractivity (Wildman–Crippen MR) is 138 cm³/mol. The van der Waals surface area contributed by atoms with E-state index in [4.69, 9.17) is 20.0 Å². The van der Waals surface area contributed by atoms with E-state index in [1.807, 2.05) is 13.1 Å². The zero-order valence-electron chi connectivity index (χ0n) is 21.3. The molecule has 2 aromatic heterocycles. The molecule has 4 aliphatic heterocycles. The number of nitriles is 1. The van der Waals surface area contributed by atoms with Crippen LogP contribution >= 0.6 is 0 Å². The van der Waals surface area contributed by atoms with Gasteiger partial charge in [0, 0.05) is 56.3 Å². The average Bonchev–Trinajstić information content (AvgIpc) is 3.28. The van der Waals surface area contributed by atoms with Gasteiger partial charge in [0.05, 0.1) is 43.2 Å². The summed E-state index contributed by atoms with van der Waals surface area (Å²) in [5.41, 5.74) is 1.49. The molecule has 38 heavy (non-hydrogen) atoms. The van der Waals surface area contributed by atoms with Gasteiger partial charge in [-0.2, -0.15) is 32.4 Å². The van der Waals surface area contributed by atoms with E-state index in [0.29, 0.717) is 49.3 Å². The van der Waals surface area contributed by atoms with Crippen molar-refractivity contribution < 1.29 is 18.3 Å². The second-order valence-electron chi connectivity index (χ2n) is 10.7. The minimum absolute atomic E-state index is 0.0807. The van der Waals surface area contributed by atoms with Crippen molar-refractivity contribution in [3.8, 4) is 6.07 Å². The quantitative estimate of drug-likeness (QED) is 0.439. The monoisotopic (exact) mass is 543 g/mol. The second-order valence-corrected chi connectivity index (χ2v) is 12.6. The maximum atomic E-state index is 13.5. The Morgan fingerprint density at radius 1 is 1.21 bits per heavy atom. The van der Waals surface area contributed by atoms with Crippen LogP contribution in [0.1, 0.15) is 49.4 Å². The molecule has 13 nitrogen and oxygen atoms in total. The third-order valence-electron chi connectivity index (χ3n) is 8.22. The predicted octanol–water partition coefficient (Wildman–Crippen LogP) is 1.07. The molecule has 14 heteroatoms. The first-order valence-electron chi connectivity index (χ1n) is 13.2. The molecular weight excluding hydrogens is 510 g/mol. The zero-order chi connectivity index (χ0) is 26.4. The fourth-order valence-electron chi connectivity index (χ4n) is 5.94. The molecule has 204 valence electrons. The van der Waals surface area contributed by atoms with Crippen LogP contribution in [-0.4, -0.2) is 93.8 Å². The maximum Gasteiger partial charge on any atom is 0.282 e. The van der Waals surface area contributed by atoms with Crippen LogP contribution in [0.25, 0.3) is 0 Å². The molecule has 4 fully saturated rings. The Balaban J connectivity index is 1.22. The number of aromatic nitrogens is 4. The summed E-state index contributed by atoms with van der Waals surface area (Å²) < 4.78 is 35.5. The van der Waals surface area contributed by atoms with E-state index in [0.717, 1.165) is 25.0 Å². The normalized spacial score (nSPS) is 26.8. The van der Waals surface area contributed by atoms with Crippen LogP contribution in [0.15, 0.2) is 12.1 Å². The Morgan fingerprint density at radius 3 is 2.55 bits per heavy atom. The summed E-state index contributed by atoms with van der Waals surface area (Å²) in [5.74, 6) is 1.71. The number of aromatic amines is 1. The highest BCUT2D eigenvalue weighted by atomic mass is 32.2. The van der Waals surface area contributed by atoms with Crippen LogP contribution in [0.2, 0.25) is 0 Å². The van der Waals surface area contributed by atoms with Gasteiger partial charge >= 0.3 is 0 Å². The van der Waals surface area contributed by atoms with Crippen LogP contribution in [0.5, 0.6) is 0 Å². The van der Waals surface area contributed by atoms with Crippen molar-refractivity contribution in [2.75, 3.05) is 43.6 Å². The molecule has 0 amide bonds. The van der Waals surface area contributed by atoms with Crippen molar-refractivity contribution in [3.05, 3.63) is 23.5 Å². The Hall–Kier alpha value is -2.83. The number of hydrogen-bond donors (Lipinski definition) is 3. The van der Waals surface area contributed by atoms with Crippen molar-refractivity contribution in [2.24, 2.45) is 5.92 Å². The number of rotatable bonds is 8. The van der Waals surface area contributed by atoms with Crippen molar-refractivity contribution >= 4 is 27.8 Å². The van der Waals surface area contributed by atoms with Gasteiger partial charge in [0.1, 0.15) is 5.82 Å². The van der Waals surface area contributed by atoms with E-state index in [2.05, 4.69) is 26.5 Å². The number of aliphatic hydroxyl groups is 1. The smallest absolute Gasteiger partial charge is 0.282 e. The molecule has 2 aromatic rings. The van der Waals surface area contributed by atoms with Gasteiger partial charge in [-0.25, -0.2) is 4.98 Å². The Labute approximate surface area is 222 Å². The molecule has 0 saturated carbocycles. The topological polar surface area (TPSA) is 164 Å². The summed E-state index contributed by atoms with van der Waals surface area (Å²) in [6, 6.07) is 5.73. The van der Waals surface area contributed by atoms with E-state index in [1.54, 1.807) is 10.4 Å². The Bertz CT molecular complexity index is 1300. The number of aliphatic hydroxyl groups excluding tert-OH is 1. The third-order valence-corrected chi connectivity index (χ3v) is 10.3. The first kappa shape index (κ1) is 25.4. The van der Waals surface area contributed by atoms with Crippen LogP contribution in [0, 0.1) is 17.2 Å². The van der Waals surface area contributed by atoms with Gasteiger partial charge in [-0.3, -0.25) is 5.10 Å². The standard InChI is InChI=1S/C24H33N9O4S/c1-31(20-6-18-3-2-4-19(7-20)33(18)38(35,36)32-10-15(9-25)11-32)24-26-21(16-13-37-14-16)8-22(28-24)27-23-5-17(12-34)29-30-23/h5,8,15-16,18-20,34H,2-4,6-7,10-14H2,1H3,(H2,26,27,28,29,30)/t18-,19+,20-. The summed E-state index contributed by atoms with van der Waals surface area (Å²) in [6.45, 7) is 1.66. The van der Waals surface area contributed by atoms with Gasteiger partial charge in [0.2, 0.25) is 5.95 Å². The zero-order valence-corrected chi connectivity index (χ0v) is 22.1. The molecule has 3 N–H and O–H groups in total. The number of anilines is 3. The van der Waals surface area contributed by atoms with Crippen LogP contribution in [-0.2, 0) is 21.6 Å². The van der Waals surface area contributed by atoms with Crippen LogP contribution < -0.4 is 10.2 Å². The Kier molecular flexibility index (Phi) is 6.73.